The molecule has 0 saturated heterocycles. The van der Waals surface area contributed by atoms with E-state index in [2.05, 4.69) is 15.4 Å². The molecule has 0 atom stereocenters. The molecule has 0 bridgehead atoms. The zero-order valence-corrected chi connectivity index (χ0v) is 14.9. The molecule has 1 aromatic carbocycles. The number of nitrogens with one attached hydrogen (secondary N) is 1. The number of aryl methyl sites for hydroxylation is 1. The van der Waals surface area contributed by atoms with Crippen LogP contribution in [0.2, 0.25) is 0 Å². The molecule has 0 radical (unpaired) electrons. The molecule has 0 aliphatic carbocycles. The number of amides is 1. The van der Waals surface area contributed by atoms with Gasteiger partial charge in [0.2, 0.25) is 5.91 Å². The fraction of sp³-hybridized carbons (Fsp3) is 0.111. The number of carboxylic acids is 1. The van der Waals surface area contributed by atoms with Crippen molar-refractivity contribution in [1.29, 1.82) is 0 Å². The first-order chi connectivity index (χ1) is 13.9. The minimum absolute atomic E-state index is 0.0361. The van der Waals surface area contributed by atoms with E-state index >= 15 is 0 Å². The van der Waals surface area contributed by atoms with Crippen molar-refractivity contribution in [3.63, 3.8) is 0 Å². The van der Waals surface area contributed by atoms with Gasteiger partial charge in [0.1, 0.15) is 17.2 Å². The number of pyridine rings is 1. The number of carbonyl (C=O) groups excluding carboxylic acids is 1. The van der Waals surface area contributed by atoms with E-state index in [1.165, 1.54) is 41.3 Å². The summed E-state index contributed by atoms with van der Waals surface area (Å²) in [4.78, 5) is 37.8. The molecule has 11 nitrogen and oxygen atoms in total. The molecule has 0 spiro atoms. The molecule has 2 heterocycles. The SMILES string of the molecule is O=C(CCn1nccc1C(=O)O)Nc1cc(Oc2cccnc2)cc([N+](=O)[O-])c1. The van der Waals surface area contributed by atoms with Crippen LogP contribution in [0.5, 0.6) is 11.5 Å². The quantitative estimate of drug-likeness (QED) is 0.435. The van der Waals surface area contributed by atoms with E-state index in [0.29, 0.717) is 5.75 Å². The lowest BCUT2D eigenvalue weighted by Crippen LogP contribution is -2.17. The highest BCUT2D eigenvalue weighted by molar-refractivity contribution is 5.91. The number of carbonyl (C=O) groups is 2. The standard InChI is InChI=1S/C18H15N5O6/c24-17(4-7-22-16(18(25)26)3-6-20-22)21-12-8-13(23(27)28)10-15(9-12)29-14-2-1-5-19-11-14/h1-3,5-6,8-11H,4,7H2,(H,21,24)(H,25,26). The number of anilines is 1. The second kappa shape index (κ2) is 8.61. The topological polar surface area (TPSA) is 149 Å². The summed E-state index contributed by atoms with van der Waals surface area (Å²) in [6, 6.07) is 8.47. The van der Waals surface area contributed by atoms with Crippen LogP contribution >= 0.6 is 0 Å². The largest absolute Gasteiger partial charge is 0.477 e. The number of carboxylic acid groups (broad SMARTS) is 1. The maximum absolute atomic E-state index is 12.2. The lowest BCUT2D eigenvalue weighted by Gasteiger charge is -2.10. The Hall–Kier alpha value is -4.28. The van der Waals surface area contributed by atoms with Crippen LogP contribution < -0.4 is 10.1 Å². The van der Waals surface area contributed by atoms with Crippen molar-refractivity contribution in [3.8, 4) is 11.5 Å². The number of benzene rings is 1. The fourth-order valence-corrected chi connectivity index (χ4v) is 2.49. The predicted octanol–water partition coefficient (Wildman–Crippen LogP) is 2.71. The van der Waals surface area contributed by atoms with E-state index in [0.717, 1.165) is 0 Å². The monoisotopic (exact) mass is 397 g/mol. The molecule has 29 heavy (non-hydrogen) atoms. The summed E-state index contributed by atoms with van der Waals surface area (Å²) in [5.41, 5.74) is -0.135. The van der Waals surface area contributed by atoms with Gasteiger partial charge in [0.05, 0.1) is 29.4 Å². The molecule has 0 unspecified atom stereocenters. The van der Waals surface area contributed by atoms with Crippen molar-refractivity contribution in [2.75, 3.05) is 5.32 Å². The minimum atomic E-state index is -1.15. The zero-order chi connectivity index (χ0) is 20.8. The first-order valence-corrected chi connectivity index (χ1v) is 8.34. The van der Waals surface area contributed by atoms with E-state index in [4.69, 9.17) is 9.84 Å². The van der Waals surface area contributed by atoms with Crippen LogP contribution in [-0.2, 0) is 11.3 Å². The van der Waals surface area contributed by atoms with Gasteiger partial charge in [-0.25, -0.2) is 4.79 Å². The van der Waals surface area contributed by atoms with Crippen molar-refractivity contribution in [2.45, 2.75) is 13.0 Å². The van der Waals surface area contributed by atoms with E-state index in [1.807, 2.05) is 0 Å². The molecule has 0 saturated carbocycles. The second-order valence-electron chi connectivity index (χ2n) is 5.81. The highest BCUT2D eigenvalue weighted by Gasteiger charge is 2.15. The van der Waals surface area contributed by atoms with Gasteiger partial charge in [0.25, 0.3) is 5.69 Å². The number of ether oxygens (including phenoxy) is 1. The first kappa shape index (κ1) is 19.5. The van der Waals surface area contributed by atoms with E-state index < -0.39 is 16.8 Å². The van der Waals surface area contributed by atoms with Crippen molar-refractivity contribution < 1.29 is 24.4 Å². The summed E-state index contributed by atoms with van der Waals surface area (Å²) < 4.78 is 6.74. The van der Waals surface area contributed by atoms with Crippen molar-refractivity contribution in [3.05, 3.63) is 70.8 Å². The Bertz CT molecular complexity index is 1050. The van der Waals surface area contributed by atoms with Gasteiger partial charge >= 0.3 is 5.97 Å². The van der Waals surface area contributed by atoms with Gasteiger partial charge in [-0.05, 0) is 18.2 Å². The van der Waals surface area contributed by atoms with Gasteiger partial charge in [-0.3, -0.25) is 24.6 Å². The Morgan fingerprint density at radius 3 is 2.72 bits per heavy atom. The molecule has 1 amide bonds. The molecule has 11 heteroatoms. The molecule has 2 aromatic heterocycles. The van der Waals surface area contributed by atoms with Crippen molar-refractivity contribution >= 4 is 23.3 Å². The van der Waals surface area contributed by atoms with Gasteiger partial charge in [0, 0.05) is 30.9 Å². The molecule has 2 N–H and O–H groups in total. The molecular weight excluding hydrogens is 382 g/mol. The maximum Gasteiger partial charge on any atom is 0.354 e. The first-order valence-electron chi connectivity index (χ1n) is 8.34. The molecule has 0 aliphatic rings. The van der Waals surface area contributed by atoms with Gasteiger partial charge in [-0.15, -0.1) is 0 Å². The lowest BCUT2D eigenvalue weighted by molar-refractivity contribution is -0.384. The van der Waals surface area contributed by atoms with Crippen LogP contribution in [0.25, 0.3) is 0 Å². The van der Waals surface area contributed by atoms with Gasteiger partial charge < -0.3 is 15.2 Å². The van der Waals surface area contributed by atoms with E-state index in [-0.39, 0.29) is 35.8 Å². The number of nitro benzene ring substituents is 1. The third kappa shape index (κ3) is 5.13. The summed E-state index contributed by atoms with van der Waals surface area (Å²) in [6.07, 6.45) is 4.25. The number of nitro groups is 1. The fourth-order valence-electron chi connectivity index (χ4n) is 2.49. The Morgan fingerprint density at radius 2 is 2.03 bits per heavy atom. The Balaban J connectivity index is 1.71. The average Bonchev–Trinajstić information content (AvgIpc) is 3.16. The molecule has 148 valence electrons. The van der Waals surface area contributed by atoms with Crippen molar-refractivity contribution in [2.24, 2.45) is 0 Å². The average molecular weight is 397 g/mol. The number of nitrogens with zero attached hydrogens (tertiary/aromatic N) is 4. The molecule has 3 rings (SSSR count). The van der Waals surface area contributed by atoms with Gasteiger partial charge in [-0.2, -0.15) is 5.10 Å². The zero-order valence-electron chi connectivity index (χ0n) is 14.9. The maximum atomic E-state index is 12.2. The number of hydrogen-bond donors (Lipinski definition) is 2. The smallest absolute Gasteiger partial charge is 0.354 e. The molecule has 0 fully saturated rings. The highest BCUT2D eigenvalue weighted by atomic mass is 16.6. The summed E-state index contributed by atoms with van der Waals surface area (Å²) >= 11 is 0. The Labute approximate surface area is 163 Å². The van der Waals surface area contributed by atoms with Crippen LogP contribution in [0, 0.1) is 10.1 Å². The van der Waals surface area contributed by atoms with Crippen LogP contribution in [0.3, 0.4) is 0 Å². The second-order valence-corrected chi connectivity index (χ2v) is 5.81. The number of hydrogen-bond acceptors (Lipinski definition) is 7. The molecule has 0 aliphatic heterocycles. The highest BCUT2D eigenvalue weighted by Crippen LogP contribution is 2.29. The van der Waals surface area contributed by atoms with E-state index in [9.17, 15) is 19.7 Å². The van der Waals surface area contributed by atoms with E-state index in [1.54, 1.807) is 18.3 Å². The predicted molar refractivity (Wildman–Crippen MR) is 99.8 cm³/mol. The minimum Gasteiger partial charge on any atom is -0.477 e. The number of aromatic nitrogens is 3. The lowest BCUT2D eigenvalue weighted by atomic mass is 10.2. The summed E-state index contributed by atoms with van der Waals surface area (Å²) in [5, 5.41) is 26.6. The number of rotatable bonds is 8. The van der Waals surface area contributed by atoms with Gasteiger partial charge in [0.15, 0.2) is 0 Å². The van der Waals surface area contributed by atoms with Crippen LogP contribution in [0.4, 0.5) is 11.4 Å². The van der Waals surface area contributed by atoms with Crippen LogP contribution in [0.15, 0.2) is 55.0 Å². The third-order valence-electron chi connectivity index (χ3n) is 3.74. The number of non-ortho nitro benzene ring substituents is 1. The van der Waals surface area contributed by atoms with Gasteiger partial charge in [-0.1, -0.05) is 0 Å². The van der Waals surface area contributed by atoms with Crippen LogP contribution in [-0.4, -0.2) is 36.7 Å². The third-order valence-corrected chi connectivity index (χ3v) is 3.74. The van der Waals surface area contributed by atoms with Crippen LogP contribution in [0.1, 0.15) is 16.9 Å². The number of aromatic carboxylic acids is 1. The Kier molecular flexibility index (Phi) is 5.78. The van der Waals surface area contributed by atoms with Crippen molar-refractivity contribution in [1.82, 2.24) is 14.8 Å². The summed E-state index contributed by atoms with van der Waals surface area (Å²) in [6.45, 7) is 0.0361. The molecular formula is C18H15N5O6. The summed E-state index contributed by atoms with van der Waals surface area (Å²) in [5.74, 6) is -1.09. The molecule has 3 aromatic rings. The normalized spacial score (nSPS) is 10.3. The summed E-state index contributed by atoms with van der Waals surface area (Å²) in [7, 11) is 0. The Morgan fingerprint density at radius 1 is 1.21 bits per heavy atom.